The van der Waals surface area contributed by atoms with Crippen molar-refractivity contribution in [2.24, 2.45) is 0 Å². The molecule has 2 nitrogen and oxygen atoms in total. The van der Waals surface area contributed by atoms with Crippen LogP contribution in [-0.2, 0) is 0 Å². The summed E-state index contributed by atoms with van der Waals surface area (Å²) in [5, 5.41) is 4.82. The summed E-state index contributed by atoms with van der Waals surface area (Å²) in [6, 6.07) is 67.4. The second-order valence-electron chi connectivity index (χ2n) is 12.9. The Morgan fingerprint density at radius 2 is 1.00 bits per heavy atom. The van der Waals surface area contributed by atoms with Crippen molar-refractivity contribution in [1.29, 1.82) is 0 Å². The van der Waals surface area contributed by atoms with E-state index in [0.29, 0.717) is 0 Å². The minimum atomic E-state index is 0.871. The summed E-state index contributed by atoms with van der Waals surface area (Å²) in [7, 11) is 0. The van der Waals surface area contributed by atoms with Crippen LogP contribution in [0.25, 0.3) is 75.5 Å². The summed E-state index contributed by atoms with van der Waals surface area (Å²) in [5.41, 5.74) is 12.1. The van der Waals surface area contributed by atoms with Crippen LogP contribution in [0, 0.1) is 0 Å². The molecule has 10 aromatic rings. The van der Waals surface area contributed by atoms with Gasteiger partial charge in [0.1, 0.15) is 11.2 Å². The van der Waals surface area contributed by atoms with Crippen molar-refractivity contribution in [3.63, 3.8) is 0 Å². The van der Waals surface area contributed by atoms with Gasteiger partial charge in [0.05, 0.1) is 11.1 Å². The number of hydrogen-bond donors (Lipinski definition) is 0. The van der Waals surface area contributed by atoms with Crippen molar-refractivity contribution in [1.82, 2.24) is 0 Å². The first-order valence-electron chi connectivity index (χ1n) is 17.3. The average Bonchev–Trinajstić information content (AvgIpc) is 3.77. The monoisotopic (exact) mass is 669 g/mol. The number of thiophene rings is 1. The van der Waals surface area contributed by atoms with Gasteiger partial charge in [-0.2, -0.15) is 0 Å². The Hall–Kier alpha value is -6.42. The second-order valence-corrected chi connectivity index (χ2v) is 14.0. The number of fused-ring (bicyclic) bond motifs is 6. The van der Waals surface area contributed by atoms with Gasteiger partial charge in [-0.3, -0.25) is 0 Å². The van der Waals surface area contributed by atoms with Crippen molar-refractivity contribution in [2.45, 2.75) is 0 Å². The third kappa shape index (κ3) is 5.10. The van der Waals surface area contributed by atoms with E-state index in [4.69, 9.17) is 4.42 Å². The predicted molar refractivity (Wildman–Crippen MR) is 218 cm³/mol. The highest BCUT2D eigenvalue weighted by Gasteiger charge is 2.21. The van der Waals surface area contributed by atoms with Crippen molar-refractivity contribution in [2.75, 3.05) is 4.90 Å². The Morgan fingerprint density at radius 1 is 0.373 bits per heavy atom. The summed E-state index contributed by atoms with van der Waals surface area (Å²) in [6.07, 6.45) is 0. The molecule has 2 heterocycles. The van der Waals surface area contributed by atoms with Gasteiger partial charge in [-0.1, -0.05) is 127 Å². The molecule has 0 unspecified atom stereocenters. The first kappa shape index (κ1) is 29.5. The van der Waals surface area contributed by atoms with E-state index in [9.17, 15) is 0 Å². The Morgan fingerprint density at radius 3 is 1.80 bits per heavy atom. The van der Waals surface area contributed by atoms with Crippen LogP contribution in [0.2, 0.25) is 0 Å². The minimum absolute atomic E-state index is 0.871. The molecule has 0 saturated heterocycles. The predicted octanol–water partition coefficient (Wildman–Crippen LogP) is 14.4. The quantitative estimate of drug-likeness (QED) is 0.175. The second kappa shape index (κ2) is 12.2. The van der Waals surface area contributed by atoms with Crippen molar-refractivity contribution in [3.8, 4) is 33.4 Å². The Balaban J connectivity index is 1.17. The molecule has 0 aliphatic heterocycles. The van der Waals surface area contributed by atoms with E-state index in [1.165, 1.54) is 53.6 Å². The maximum atomic E-state index is 6.40. The normalized spacial score (nSPS) is 11.5. The zero-order valence-electron chi connectivity index (χ0n) is 27.7. The summed E-state index contributed by atoms with van der Waals surface area (Å²) in [4.78, 5) is 2.38. The zero-order chi connectivity index (χ0) is 33.7. The highest BCUT2D eigenvalue weighted by atomic mass is 32.1. The van der Waals surface area contributed by atoms with Gasteiger partial charge in [0.25, 0.3) is 0 Å². The third-order valence-electron chi connectivity index (χ3n) is 9.89. The molecule has 0 spiro atoms. The molecule has 0 amide bonds. The number of anilines is 3. The minimum Gasteiger partial charge on any atom is -0.456 e. The maximum Gasteiger partial charge on any atom is 0.137 e. The number of nitrogens with zero attached hydrogens (tertiary/aromatic N) is 1. The van der Waals surface area contributed by atoms with E-state index in [1.807, 2.05) is 23.5 Å². The fourth-order valence-electron chi connectivity index (χ4n) is 7.48. The van der Waals surface area contributed by atoms with Gasteiger partial charge in [0, 0.05) is 36.9 Å². The Labute approximate surface area is 300 Å². The summed E-state index contributed by atoms with van der Waals surface area (Å²) >= 11 is 1.85. The first-order chi connectivity index (χ1) is 25.3. The van der Waals surface area contributed by atoms with Crippen LogP contribution in [0.1, 0.15) is 0 Å². The Kier molecular flexibility index (Phi) is 7.04. The highest BCUT2D eigenvalue weighted by molar-refractivity contribution is 7.25. The lowest BCUT2D eigenvalue weighted by atomic mass is 9.93. The van der Waals surface area contributed by atoms with E-state index < -0.39 is 0 Å². The number of hydrogen-bond acceptors (Lipinski definition) is 3. The van der Waals surface area contributed by atoms with Gasteiger partial charge >= 0.3 is 0 Å². The third-order valence-corrected chi connectivity index (χ3v) is 11.0. The highest BCUT2D eigenvalue weighted by Crippen LogP contribution is 2.45. The van der Waals surface area contributed by atoms with Crippen LogP contribution in [0.15, 0.2) is 192 Å². The molecule has 0 bridgehead atoms. The van der Waals surface area contributed by atoms with Gasteiger partial charge in [-0.25, -0.2) is 0 Å². The van der Waals surface area contributed by atoms with Crippen LogP contribution in [0.5, 0.6) is 0 Å². The molecule has 240 valence electrons. The van der Waals surface area contributed by atoms with Crippen LogP contribution < -0.4 is 4.90 Å². The fourth-order valence-corrected chi connectivity index (χ4v) is 8.56. The maximum absolute atomic E-state index is 6.40. The molecule has 0 aliphatic rings. The molecule has 3 heteroatoms. The molecule has 0 saturated carbocycles. The molecule has 0 N–H and O–H groups in total. The lowest BCUT2D eigenvalue weighted by Gasteiger charge is -2.27. The van der Waals surface area contributed by atoms with Gasteiger partial charge < -0.3 is 9.32 Å². The van der Waals surface area contributed by atoms with E-state index in [0.717, 1.165) is 39.0 Å². The summed E-state index contributed by atoms with van der Waals surface area (Å²) < 4.78 is 9.04. The van der Waals surface area contributed by atoms with E-state index in [-0.39, 0.29) is 0 Å². The smallest absolute Gasteiger partial charge is 0.137 e. The van der Waals surface area contributed by atoms with Gasteiger partial charge in [0.15, 0.2) is 0 Å². The fraction of sp³-hybridized carbons (Fsp3) is 0. The summed E-state index contributed by atoms with van der Waals surface area (Å²) in [6.45, 7) is 0. The van der Waals surface area contributed by atoms with Crippen LogP contribution in [0.3, 0.4) is 0 Å². The number of benzene rings is 8. The number of para-hydroxylation sites is 1. The average molecular weight is 670 g/mol. The molecule has 2 aromatic heterocycles. The topological polar surface area (TPSA) is 16.4 Å². The number of furan rings is 1. The van der Waals surface area contributed by atoms with Crippen LogP contribution in [0.4, 0.5) is 17.1 Å². The van der Waals surface area contributed by atoms with Crippen LogP contribution in [-0.4, -0.2) is 0 Å². The molecule has 0 radical (unpaired) electrons. The van der Waals surface area contributed by atoms with E-state index >= 15 is 0 Å². The van der Waals surface area contributed by atoms with E-state index in [1.54, 1.807) is 0 Å². The molecule has 51 heavy (non-hydrogen) atoms. The lowest BCUT2D eigenvalue weighted by molar-refractivity contribution is 0.669. The molecule has 0 aliphatic carbocycles. The molecule has 8 aromatic carbocycles. The standard InChI is InChI=1S/C48H31NOS/c1-3-12-33(13-4-1)38-28-27-37(31-41(38)34-14-5-2-6-15-34)49(43-18-11-20-45-48(43)40-17-7-9-19-44(40)50-45)36-25-22-32(23-26-36)35-24-29-47-42(30-35)39-16-8-10-21-46(39)51-47/h1-31H. The summed E-state index contributed by atoms with van der Waals surface area (Å²) in [5.74, 6) is 0. The van der Waals surface area contributed by atoms with E-state index in [2.05, 4.69) is 181 Å². The van der Waals surface area contributed by atoms with Crippen LogP contribution >= 0.6 is 11.3 Å². The molecule has 0 atom stereocenters. The Bertz CT molecular complexity index is 2850. The largest absolute Gasteiger partial charge is 0.456 e. The van der Waals surface area contributed by atoms with Crippen molar-refractivity contribution >= 4 is 70.5 Å². The van der Waals surface area contributed by atoms with Crippen molar-refractivity contribution < 1.29 is 4.42 Å². The molecule has 0 fully saturated rings. The molecular formula is C48H31NOS. The van der Waals surface area contributed by atoms with Gasteiger partial charge in [-0.05, 0) is 94.0 Å². The van der Waals surface area contributed by atoms with Gasteiger partial charge in [0.2, 0.25) is 0 Å². The molecular weight excluding hydrogens is 639 g/mol. The van der Waals surface area contributed by atoms with Crippen molar-refractivity contribution in [3.05, 3.63) is 188 Å². The first-order valence-corrected chi connectivity index (χ1v) is 18.1. The molecule has 10 rings (SSSR count). The zero-order valence-corrected chi connectivity index (χ0v) is 28.5. The lowest BCUT2D eigenvalue weighted by Crippen LogP contribution is -2.10. The van der Waals surface area contributed by atoms with Gasteiger partial charge in [-0.15, -0.1) is 11.3 Å². The SMILES string of the molecule is c1ccc(-c2ccc(N(c3ccc(-c4ccc5sc6ccccc6c5c4)cc3)c3cccc4oc5ccccc5c34)cc2-c2ccccc2)cc1. The number of rotatable bonds is 6.